The van der Waals surface area contributed by atoms with Crippen molar-refractivity contribution in [2.24, 2.45) is 5.41 Å². The van der Waals surface area contributed by atoms with E-state index in [1.54, 1.807) is 0 Å². The monoisotopic (exact) mass is 424 g/mol. The molecule has 0 aromatic rings. The van der Waals surface area contributed by atoms with Gasteiger partial charge < -0.3 is 0 Å². The Bertz CT molecular complexity index is 564. The Morgan fingerprint density at radius 1 is 0.739 bits per heavy atom. The Balaban J connectivity index is 5.37. The van der Waals surface area contributed by atoms with Crippen molar-refractivity contribution in [3.63, 3.8) is 0 Å². The van der Waals surface area contributed by atoms with Crippen LogP contribution in [0.5, 0.6) is 0 Å². The Morgan fingerprint density at radius 3 is 1.26 bits per heavy atom. The fraction of sp³-hybridized carbons (Fsp3) is 1.00. The minimum Gasteiger partial charge on any atom is -0.284 e. The average molecular weight is 424 g/mol. The highest BCUT2D eigenvalue weighted by molar-refractivity contribution is 7.81. The second kappa shape index (κ2) is 9.39. The summed E-state index contributed by atoms with van der Waals surface area (Å²) in [5.41, 5.74) is -2.09. The van der Waals surface area contributed by atoms with Crippen molar-refractivity contribution in [1.29, 1.82) is 0 Å². The average Bonchev–Trinajstić information content (AvgIpc) is 2.34. The van der Waals surface area contributed by atoms with Gasteiger partial charge in [0, 0.05) is 0 Å². The molecule has 0 saturated carbocycles. The third kappa shape index (κ3) is 12.9. The summed E-state index contributed by atoms with van der Waals surface area (Å²) < 4.78 is 114. The fourth-order valence-electron chi connectivity index (χ4n) is 1.000. The molecule has 2 atom stereocenters. The molecule has 14 nitrogen and oxygen atoms in total. The van der Waals surface area contributed by atoms with Crippen LogP contribution in [0.25, 0.3) is 0 Å². The predicted octanol–water partition coefficient (Wildman–Crippen LogP) is -2.08. The molecule has 140 valence electrons. The maximum Gasteiger partial charge on any atom is 0.397 e. The van der Waals surface area contributed by atoms with Crippen molar-refractivity contribution in [1.82, 2.24) is 0 Å². The van der Waals surface area contributed by atoms with Gasteiger partial charge in [-0.15, -0.1) is 0 Å². The summed E-state index contributed by atoms with van der Waals surface area (Å²) in [5, 5.41) is 0. The molecule has 0 bridgehead atoms. The fourth-order valence-corrected chi connectivity index (χ4v) is 2.50. The van der Waals surface area contributed by atoms with Crippen LogP contribution >= 0.6 is 0 Å². The first-order chi connectivity index (χ1) is 10.2. The molecule has 2 unspecified atom stereocenters. The molecule has 0 aromatic carbocycles. The lowest BCUT2D eigenvalue weighted by Gasteiger charge is -2.29. The predicted molar refractivity (Wildman–Crippen MR) is 70.9 cm³/mol. The van der Waals surface area contributed by atoms with Crippen LogP contribution in [-0.4, -0.2) is 69.9 Å². The van der Waals surface area contributed by atoms with Crippen molar-refractivity contribution in [2.45, 2.75) is 0 Å². The van der Waals surface area contributed by atoms with E-state index >= 15 is 0 Å². The van der Waals surface area contributed by atoms with Gasteiger partial charge in [-0.05, 0) is 0 Å². The highest BCUT2D eigenvalue weighted by Gasteiger charge is 2.37. The van der Waals surface area contributed by atoms with Crippen LogP contribution in [0.15, 0.2) is 0 Å². The molecule has 0 aliphatic carbocycles. The lowest BCUT2D eigenvalue weighted by atomic mass is 9.93. The zero-order valence-electron chi connectivity index (χ0n) is 10.8. The van der Waals surface area contributed by atoms with Crippen LogP contribution in [-0.2, 0) is 60.3 Å². The SMILES string of the molecule is O=S(O)OCC(COS(=O)O)(COS(=O)(=O)O)COS(=O)(=O)O. The van der Waals surface area contributed by atoms with Gasteiger partial charge in [-0.3, -0.25) is 26.6 Å². The minimum absolute atomic E-state index is 0.988. The van der Waals surface area contributed by atoms with Crippen molar-refractivity contribution in [2.75, 3.05) is 26.4 Å². The summed E-state index contributed by atoms with van der Waals surface area (Å²) in [5.74, 6) is 0. The molecule has 4 N–H and O–H groups in total. The largest absolute Gasteiger partial charge is 0.397 e. The molecule has 0 aliphatic rings. The third-order valence-electron chi connectivity index (χ3n) is 1.96. The zero-order valence-corrected chi connectivity index (χ0v) is 14.1. The maximum absolute atomic E-state index is 10.6. The topological polar surface area (TPSA) is 220 Å². The summed E-state index contributed by atoms with van der Waals surface area (Å²) in [6, 6.07) is 0. The first-order valence-electron chi connectivity index (χ1n) is 4.97. The normalized spacial score (nSPS) is 16.2. The summed E-state index contributed by atoms with van der Waals surface area (Å²) in [7, 11) is -10.1. The highest BCUT2D eigenvalue weighted by Crippen LogP contribution is 2.23. The molecule has 0 rings (SSSR count). The first kappa shape index (κ1) is 22.9. The number of hydrogen-bond donors (Lipinski definition) is 4. The van der Waals surface area contributed by atoms with Crippen LogP contribution in [0.2, 0.25) is 0 Å². The van der Waals surface area contributed by atoms with Crippen molar-refractivity contribution < 1.29 is 60.2 Å². The van der Waals surface area contributed by atoms with Gasteiger partial charge in [0.05, 0.1) is 31.8 Å². The van der Waals surface area contributed by atoms with Gasteiger partial charge in [-0.1, -0.05) is 0 Å². The van der Waals surface area contributed by atoms with Crippen LogP contribution in [0.4, 0.5) is 0 Å². The van der Waals surface area contributed by atoms with Gasteiger partial charge in [0.2, 0.25) is 0 Å². The molecule has 0 saturated heterocycles. The van der Waals surface area contributed by atoms with Crippen molar-refractivity contribution in [3.05, 3.63) is 0 Å². The van der Waals surface area contributed by atoms with Crippen LogP contribution in [0.3, 0.4) is 0 Å². The van der Waals surface area contributed by atoms with Crippen LogP contribution in [0.1, 0.15) is 0 Å². The van der Waals surface area contributed by atoms with Gasteiger partial charge in [0.15, 0.2) is 0 Å². The molecular formula is C5H12O14S4. The van der Waals surface area contributed by atoms with Crippen molar-refractivity contribution in [3.8, 4) is 0 Å². The van der Waals surface area contributed by atoms with E-state index < -0.39 is 75.4 Å². The van der Waals surface area contributed by atoms with E-state index in [0.717, 1.165) is 0 Å². The van der Waals surface area contributed by atoms with E-state index in [1.807, 2.05) is 0 Å². The zero-order chi connectivity index (χ0) is 18.3. The first-order valence-corrected chi connectivity index (χ1v) is 9.76. The number of rotatable bonds is 12. The second-order valence-electron chi connectivity index (χ2n) is 3.84. The molecule has 0 aromatic heterocycles. The quantitative estimate of drug-likeness (QED) is 0.195. The van der Waals surface area contributed by atoms with Gasteiger partial charge in [-0.25, -0.2) is 8.37 Å². The Labute approximate surface area is 136 Å². The molecular weight excluding hydrogens is 412 g/mol. The molecule has 0 heterocycles. The highest BCUT2D eigenvalue weighted by atomic mass is 32.3. The Kier molecular flexibility index (Phi) is 9.34. The Morgan fingerprint density at radius 2 is 1.04 bits per heavy atom. The van der Waals surface area contributed by atoms with Gasteiger partial charge >= 0.3 is 43.5 Å². The molecule has 0 amide bonds. The van der Waals surface area contributed by atoms with Crippen molar-refractivity contribution >= 4 is 43.5 Å². The molecule has 18 heteroatoms. The third-order valence-corrected chi connectivity index (χ3v) is 3.43. The second-order valence-corrected chi connectivity index (χ2v) is 7.36. The summed E-state index contributed by atoms with van der Waals surface area (Å²) in [6.45, 7) is -4.29. The molecule has 0 radical (unpaired) electrons. The van der Waals surface area contributed by atoms with E-state index in [0.29, 0.717) is 0 Å². The van der Waals surface area contributed by atoms with E-state index in [2.05, 4.69) is 16.7 Å². The lowest BCUT2D eigenvalue weighted by molar-refractivity contribution is -0.00226. The number of hydrogen-bond acceptors (Lipinski definition) is 10. The van der Waals surface area contributed by atoms with Gasteiger partial charge in [-0.2, -0.15) is 25.3 Å². The molecule has 0 spiro atoms. The lowest BCUT2D eigenvalue weighted by Crippen LogP contribution is -2.43. The van der Waals surface area contributed by atoms with Crippen LogP contribution in [0, 0.1) is 5.41 Å². The molecule has 0 aliphatic heterocycles. The smallest absolute Gasteiger partial charge is 0.284 e. The maximum atomic E-state index is 10.6. The van der Waals surface area contributed by atoms with E-state index in [9.17, 15) is 25.3 Å². The standard InChI is InChI=1S/C5H12O14S4/c6-20(7)16-1-5(2-17-21(8)9,3-18-22(10,11)12)4-19-23(13,14)15/h1-4H2,(H,6,7)(H,8,9)(H,10,11,12)(H,13,14,15). The summed E-state index contributed by atoms with van der Waals surface area (Å²) >= 11 is -5.81. The molecule has 23 heavy (non-hydrogen) atoms. The minimum atomic E-state index is -5.04. The van der Waals surface area contributed by atoms with E-state index in [-0.39, 0.29) is 0 Å². The summed E-state index contributed by atoms with van der Waals surface area (Å²) in [4.78, 5) is 0. The van der Waals surface area contributed by atoms with Gasteiger partial charge in [0.25, 0.3) is 0 Å². The van der Waals surface area contributed by atoms with Crippen LogP contribution < -0.4 is 0 Å². The molecule has 0 fully saturated rings. The Hall–Kier alpha value is -0.120. The summed E-state index contributed by atoms with van der Waals surface area (Å²) in [6.07, 6.45) is 0. The van der Waals surface area contributed by atoms with Gasteiger partial charge in [0.1, 0.15) is 0 Å². The van der Waals surface area contributed by atoms with E-state index in [4.69, 9.17) is 18.2 Å². The van der Waals surface area contributed by atoms with E-state index in [1.165, 1.54) is 0 Å².